The number of hydrogen-bond donors (Lipinski definition) is 0. The average molecular weight is 216 g/mol. The third-order valence-corrected chi connectivity index (χ3v) is 3.48. The first-order valence-corrected chi connectivity index (χ1v) is 5.97. The molecule has 15 heavy (non-hydrogen) atoms. The lowest BCUT2D eigenvalue weighted by molar-refractivity contribution is -0.0449. The SMILES string of the molecule is COCC(C(C)C)C(OC)C(C)C(C)C. The van der Waals surface area contributed by atoms with E-state index in [1.165, 1.54) is 0 Å². The van der Waals surface area contributed by atoms with Crippen LogP contribution >= 0.6 is 0 Å². The Kier molecular flexibility index (Phi) is 7.20. The van der Waals surface area contributed by atoms with Crippen molar-refractivity contribution in [2.75, 3.05) is 20.8 Å². The second kappa shape index (κ2) is 7.24. The molecule has 92 valence electrons. The van der Waals surface area contributed by atoms with Crippen LogP contribution in [0.5, 0.6) is 0 Å². The number of ether oxygens (including phenoxy) is 2. The van der Waals surface area contributed by atoms with Crippen LogP contribution < -0.4 is 0 Å². The van der Waals surface area contributed by atoms with Crippen LogP contribution in [0, 0.1) is 23.7 Å². The van der Waals surface area contributed by atoms with Crippen molar-refractivity contribution in [3.05, 3.63) is 0 Å². The first-order valence-electron chi connectivity index (χ1n) is 5.97. The average Bonchev–Trinajstić information content (AvgIpc) is 2.16. The molecule has 0 N–H and O–H groups in total. The largest absolute Gasteiger partial charge is 0.384 e. The van der Waals surface area contributed by atoms with Gasteiger partial charge in [0.15, 0.2) is 0 Å². The second-order valence-corrected chi connectivity index (χ2v) is 5.17. The highest BCUT2D eigenvalue weighted by Crippen LogP contribution is 2.28. The van der Waals surface area contributed by atoms with Gasteiger partial charge in [-0.05, 0) is 17.8 Å². The molecule has 3 atom stereocenters. The topological polar surface area (TPSA) is 18.5 Å². The highest BCUT2D eigenvalue weighted by molar-refractivity contribution is 4.79. The lowest BCUT2D eigenvalue weighted by Crippen LogP contribution is -2.37. The highest BCUT2D eigenvalue weighted by atomic mass is 16.5. The van der Waals surface area contributed by atoms with Gasteiger partial charge >= 0.3 is 0 Å². The Hall–Kier alpha value is -0.0800. The van der Waals surface area contributed by atoms with Crippen molar-refractivity contribution in [2.24, 2.45) is 23.7 Å². The van der Waals surface area contributed by atoms with Crippen LogP contribution in [0.4, 0.5) is 0 Å². The van der Waals surface area contributed by atoms with Crippen molar-refractivity contribution in [1.82, 2.24) is 0 Å². The zero-order valence-electron chi connectivity index (χ0n) is 11.4. The van der Waals surface area contributed by atoms with E-state index in [1.807, 2.05) is 7.11 Å². The van der Waals surface area contributed by atoms with E-state index in [1.54, 1.807) is 7.11 Å². The van der Waals surface area contributed by atoms with Crippen molar-refractivity contribution in [3.8, 4) is 0 Å². The van der Waals surface area contributed by atoms with Gasteiger partial charge in [-0.25, -0.2) is 0 Å². The van der Waals surface area contributed by atoms with Crippen molar-refractivity contribution in [3.63, 3.8) is 0 Å². The summed E-state index contributed by atoms with van der Waals surface area (Å²) in [6.45, 7) is 12.0. The molecular formula is C13H28O2. The van der Waals surface area contributed by atoms with Crippen LogP contribution in [0.15, 0.2) is 0 Å². The molecule has 0 heterocycles. The summed E-state index contributed by atoms with van der Waals surface area (Å²) in [5.74, 6) is 2.29. The first-order chi connectivity index (χ1) is 6.95. The van der Waals surface area contributed by atoms with Crippen LogP contribution in [0.1, 0.15) is 34.6 Å². The molecule has 0 fully saturated rings. The summed E-state index contributed by atoms with van der Waals surface area (Å²) in [5.41, 5.74) is 0. The number of hydrogen-bond acceptors (Lipinski definition) is 2. The predicted molar refractivity (Wildman–Crippen MR) is 65.0 cm³/mol. The molecule has 0 aromatic carbocycles. The number of rotatable bonds is 7. The van der Waals surface area contributed by atoms with Gasteiger partial charge in [0.25, 0.3) is 0 Å². The maximum atomic E-state index is 5.67. The normalized spacial score (nSPS) is 18.2. The van der Waals surface area contributed by atoms with E-state index in [0.29, 0.717) is 29.8 Å². The molecular weight excluding hydrogens is 188 g/mol. The Morgan fingerprint density at radius 3 is 1.67 bits per heavy atom. The van der Waals surface area contributed by atoms with E-state index in [0.717, 1.165) is 6.61 Å². The minimum Gasteiger partial charge on any atom is -0.384 e. The van der Waals surface area contributed by atoms with Crippen molar-refractivity contribution >= 4 is 0 Å². The fourth-order valence-electron chi connectivity index (χ4n) is 2.02. The van der Waals surface area contributed by atoms with Gasteiger partial charge in [-0.1, -0.05) is 34.6 Å². The Morgan fingerprint density at radius 2 is 1.40 bits per heavy atom. The summed E-state index contributed by atoms with van der Waals surface area (Å²) in [7, 11) is 3.58. The molecule has 0 spiro atoms. The zero-order chi connectivity index (χ0) is 12.0. The molecule has 2 heteroatoms. The van der Waals surface area contributed by atoms with Gasteiger partial charge in [0.05, 0.1) is 12.7 Å². The molecule has 0 saturated carbocycles. The third kappa shape index (κ3) is 4.52. The Balaban J connectivity index is 4.57. The Bertz CT molecular complexity index is 155. The molecule has 0 aromatic heterocycles. The monoisotopic (exact) mass is 216 g/mol. The van der Waals surface area contributed by atoms with Crippen molar-refractivity contribution in [2.45, 2.75) is 40.7 Å². The standard InChI is InChI=1S/C13H28O2/c1-9(2)11(5)13(15-7)12(8-14-6)10(3)4/h9-13H,8H2,1-7H3. The van der Waals surface area contributed by atoms with Gasteiger partial charge in [-0.15, -0.1) is 0 Å². The maximum absolute atomic E-state index is 5.67. The summed E-state index contributed by atoms with van der Waals surface area (Å²) in [5, 5.41) is 0. The van der Waals surface area contributed by atoms with E-state index < -0.39 is 0 Å². The molecule has 0 bridgehead atoms. The lowest BCUT2D eigenvalue weighted by Gasteiger charge is -2.34. The molecule has 0 rings (SSSR count). The quantitative estimate of drug-likeness (QED) is 0.650. The van der Waals surface area contributed by atoms with Crippen molar-refractivity contribution < 1.29 is 9.47 Å². The predicted octanol–water partition coefficient (Wildman–Crippen LogP) is 3.21. The van der Waals surface area contributed by atoms with Gasteiger partial charge in [-0.3, -0.25) is 0 Å². The Morgan fingerprint density at radius 1 is 0.867 bits per heavy atom. The summed E-state index contributed by atoms with van der Waals surface area (Å²) in [6.07, 6.45) is 0.296. The lowest BCUT2D eigenvalue weighted by atomic mass is 9.80. The minimum absolute atomic E-state index is 0.296. The summed E-state index contributed by atoms with van der Waals surface area (Å²) < 4.78 is 11.0. The fourth-order valence-corrected chi connectivity index (χ4v) is 2.02. The summed E-state index contributed by atoms with van der Waals surface area (Å²) in [6, 6.07) is 0. The molecule has 0 aliphatic carbocycles. The van der Waals surface area contributed by atoms with Gasteiger partial charge in [-0.2, -0.15) is 0 Å². The molecule has 3 unspecified atom stereocenters. The molecule has 0 radical (unpaired) electrons. The molecule has 0 saturated heterocycles. The van der Waals surface area contributed by atoms with Crippen LogP contribution in [0.25, 0.3) is 0 Å². The van der Waals surface area contributed by atoms with Gasteiger partial charge < -0.3 is 9.47 Å². The first kappa shape index (κ1) is 14.9. The van der Waals surface area contributed by atoms with Gasteiger partial charge in [0.1, 0.15) is 0 Å². The van der Waals surface area contributed by atoms with Crippen molar-refractivity contribution in [1.29, 1.82) is 0 Å². The highest BCUT2D eigenvalue weighted by Gasteiger charge is 2.30. The van der Waals surface area contributed by atoms with Crippen LogP contribution in [-0.2, 0) is 9.47 Å². The Labute approximate surface area is 95.3 Å². The molecule has 0 aliphatic rings. The number of methoxy groups -OCH3 is 2. The maximum Gasteiger partial charge on any atom is 0.0651 e. The molecule has 0 aromatic rings. The van der Waals surface area contributed by atoms with E-state index in [9.17, 15) is 0 Å². The fraction of sp³-hybridized carbons (Fsp3) is 1.00. The molecule has 0 amide bonds. The van der Waals surface area contributed by atoms with E-state index in [-0.39, 0.29) is 0 Å². The summed E-state index contributed by atoms with van der Waals surface area (Å²) >= 11 is 0. The van der Waals surface area contributed by atoms with E-state index in [2.05, 4.69) is 34.6 Å². The second-order valence-electron chi connectivity index (χ2n) is 5.17. The van der Waals surface area contributed by atoms with Crippen LogP contribution in [0.2, 0.25) is 0 Å². The van der Waals surface area contributed by atoms with Gasteiger partial charge in [0, 0.05) is 20.1 Å². The smallest absolute Gasteiger partial charge is 0.0651 e. The molecule has 0 aliphatic heterocycles. The zero-order valence-corrected chi connectivity index (χ0v) is 11.4. The van der Waals surface area contributed by atoms with Gasteiger partial charge in [0.2, 0.25) is 0 Å². The molecule has 2 nitrogen and oxygen atoms in total. The summed E-state index contributed by atoms with van der Waals surface area (Å²) in [4.78, 5) is 0. The minimum atomic E-state index is 0.296. The van der Waals surface area contributed by atoms with Crippen LogP contribution in [0.3, 0.4) is 0 Å². The van der Waals surface area contributed by atoms with Crippen LogP contribution in [-0.4, -0.2) is 26.9 Å². The van der Waals surface area contributed by atoms with E-state index in [4.69, 9.17) is 9.47 Å². The van der Waals surface area contributed by atoms with E-state index >= 15 is 0 Å². The third-order valence-electron chi connectivity index (χ3n) is 3.48.